The summed E-state index contributed by atoms with van der Waals surface area (Å²) in [6.07, 6.45) is 0.741. The number of para-hydroxylation sites is 1. The van der Waals surface area contributed by atoms with E-state index in [0.717, 1.165) is 12.0 Å². The number of amides is 1. The van der Waals surface area contributed by atoms with Crippen molar-refractivity contribution in [3.8, 4) is 17.2 Å². The average molecular weight is 357 g/mol. The van der Waals surface area contributed by atoms with E-state index in [-0.39, 0.29) is 18.1 Å². The van der Waals surface area contributed by atoms with Crippen molar-refractivity contribution in [2.24, 2.45) is 0 Å². The molecule has 0 aliphatic carbocycles. The van der Waals surface area contributed by atoms with Crippen LogP contribution in [-0.2, 0) is 0 Å². The highest BCUT2D eigenvalue weighted by molar-refractivity contribution is 5.97. The van der Waals surface area contributed by atoms with Crippen molar-refractivity contribution >= 4 is 5.91 Å². The van der Waals surface area contributed by atoms with Crippen molar-refractivity contribution in [1.82, 2.24) is 5.32 Å². The Morgan fingerprint density at radius 3 is 2.31 bits per heavy atom. The Labute approximate surface area is 155 Å². The van der Waals surface area contributed by atoms with E-state index in [9.17, 15) is 4.79 Å². The van der Waals surface area contributed by atoms with Gasteiger partial charge in [-0.1, -0.05) is 25.1 Å². The van der Waals surface area contributed by atoms with Crippen molar-refractivity contribution < 1.29 is 19.0 Å². The van der Waals surface area contributed by atoms with Crippen LogP contribution in [0.1, 0.15) is 49.2 Å². The number of methoxy groups -OCH3 is 2. The molecular formula is C21H27NO4. The number of hydrogen-bond acceptors (Lipinski definition) is 4. The quantitative estimate of drug-likeness (QED) is 0.762. The maximum atomic E-state index is 12.8. The lowest BCUT2D eigenvalue weighted by molar-refractivity contribution is 0.0929. The molecule has 1 amide bonds. The maximum absolute atomic E-state index is 12.8. The minimum atomic E-state index is -0.164. The zero-order chi connectivity index (χ0) is 19.1. The van der Waals surface area contributed by atoms with Crippen molar-refractivity contribution in [3.63, 3.8) is 0 Å². The fourth-order valence-corrected chi connectivity index (χ4v) is 2.74. The third kappa shape index (κ3) is 4.69. The molecule has 5 heteroatoms. The lowest BCUT2D eigenvalue weighted by Crippen LogP contribution is -2.28. The molecule has 5 nitrogen and oxygen atoms in total. The normalized spacial score (nSPS) is 11.8. The molecule has 26 heavy (non-hydrogen) atoms. The summed E-state index contributed by atoms with van der Waals surface area (Å²) in [6, 6.07) is 12.8. The molecule has 2 rings (SSSR count). The van der Waals surface area contributed by atoms with Gasteiger partial charge in [-0.05, 0) is 50.1 Å². The van der Waals surface area contributed by atoms with E-state index >= 15 is 0 Å². The molecule has 1 atom stereocenters. The van der Waals surface area contributed by atoms with E-state index in [1.807, 2.05) is 57.2 Å². The predicted octanol–water partition coefficient (Wildman–Crippen LogP) is 4.37. The number of hydrogen-bond donors (Lipinski definition) is 1. The van der Waals surface area contributed by atoms with Crippen LogP contribution in [0.25, 0.3) is 0 Å². The second-order valence-corrected chi connectivity index (χ2v) is 6.21. The summed E-state index contributed by atoms with van der Waals surface area (Å²) in [5.74, 6) is 1.72. The molecule has 0 fully saturated rings. The van der Waals surface area contributed by atoms with Gasteiger partial charge in [0, 0.05) is 0 Å². The largest absolute Gasteiger partial charge is 0.493 e. The summed E-state index contributed by atoms with van der Waals surface area (Å²) in [6.45, 7) is 5.90. The Bertz CT molecular complexity index is 743. The molecule has 140 valence electrons. The van der Waals surface area contributed by atoms with Crippen molar-refractivity contribution in [2.75, 3.05) is 14.2 Å². The van der Waals surface area contributed by atoms with E-state index in [4.69, 9.17) is 14.2 Å². The van der Waals surface area contributed by atoms with Crippen LogP contribution in [0.2, 0.25) is 0 Å². The number of nitrogens with one attached hydrogen (secondary N) is 1. The van der Waals surface area contributed by atoms with Crippen molar-refractivity contribution in [2.45, 2.75) is 39.3 Å². The first-order chi connectivity index (χ1) is 12.5. The zero-order valence-electron chi connectivity index (χ0n) is 16.0. The number of rotatable bonds is 8. The summed E-state index contributed by atoms with van der Waals surface area (Å²) >= 11 is 0. The lowest BCUT2D eigenvalue weighted by Gasteiger charge is -2.20. The first-order valence-electron chi connectivity index (χ1n) is 8.78. The lowest BCUT2D eigenvalue weighted by atomic mass is 10.0. The van der Waals surface area contributed by atoms with Gasteiger partial charge in [0.1, 0.15) is 5.75 Å². The van der Waals surface area contributed by atoms with Gasteiger partial charge in [0.15, 0.2) is 11.5 Å². The highest BCUT2D eigenvalue weighted by atomic mass is 16.5. The molecular weight excluding hydrogens is 330 g/mol. The van der Waals surface area contributed by atoms with E-state index in [0.29, 0.717) is 22.8 Å². The fraction of sp³-hybridized carbons (Fsp3) is 0.381. The molecule has 2 aromatic carbocycles. The van der Waals surface area contributed by atoms with Crippen LogP contribution in [-0.4, -0.2) is 26.2 Å². The monoisotopic (exact) mass is 357 g/mol. The number of carbonyl (C=O) groups excluding carboxylic acids is 1. The van der Waals surface area contributed by atoms with Gasteiger partial charge in [-0.2, -0.15) is 0 Å². The highest BCUT2D eigenvalue weighted by Gasteiger charge is 2.19. The SMILES string of the molecule is CC[C@H](NC(=O)c1ccccc1OC(C)C)c1ccc(OC)c(OC)c1. The summed E-state index contributed by atoms with van der Waals surface area (Å²) in [7, 11) is 3.20. The number of carbonyl (C=O) groups is 1. The summed E-state index contributed by atoms with van der Waals surface area (Å²) in [4.78, 5) is 12.8. The average Bonchev–Trinajstić information content (AvgIpc) is 2.65. The van der Waals surface area contributed by atoms with Crippen LogP contribution in [0.15, 0.2) is 42.5 Å². The standard InChI is InChI=1S/C21H27NO4/c1-6-17(15-11-12-19(24-4)20(13-15)25-5)22-21(23)16-9-7-8-10-18(16)26-14(2)3/h7-14,17H,6H2,1-5H3,(H,22,23)/t17-/m0/s1. The highest BCUT2D eigenvalue weighted by Crippen LogP contribution is 2.31. The smallest absolute Gasteiger partial charge is 0.255 e. The molecule has 0 radical (unpaired) electrons. The topological polar surface area (TPSA) is 56.8 Å². The van der Waals surface area contributed by atoms with Gasteiger partial charge in [-0.3, -0.25) is 4.79 Å². The number of benzene rings is 2. The Morgan fingerprint density at radius 1 is 1.00 bits per heavy atom. The molecule has 0 aliphatic heterocycles. The Morgan fingerprint density at radius 2 is 1.69 bits per heavy atom. The molecule has 1 N–H and O–H groups in total. The van der Waals surface area contributed by atoms with Crippen molar-refractivity contribution in [3.05, 3.63) is 53.6 Å². The Kier molecular flexibility index (Phi) is 6.89. The van der Waals surface area contributed by atoms with Crippen LogP contribution in [0.3, 0.4) is 0 Å². The van der Waals surface area contributed by atoms with Crippen LogP contribution < -0.4 is 19.5 Å². The first-order valence-corrected chi connectivity index (χ1v) is 8.78. The second kappa shape index (κ2) is 9.13. The second-order valence-electron chi connectivity index (χ2n) is 6.21. The van der Waals surface area contributed by atoms with Crippen LogP contribution in [0.5, 0.6) is 17.2 Å². The van der Waals surface area contributed by atoms with Gasteiger partial charge in [0.05, 0.1) is 31.9 Å². The molecule has 0 saturated carbocycles. The molecule has 0 spiro atoms. The van der Waals surface area contributed by atoms with Crippen LogP contribution >= 0.6 is 0 Å². The summed E-state index contributed by atoms with van der Waals surface area (Å²) in [5, 5.41) is 3.09. The van der Waals surface area contributed by atoms with E-state index in [1.54, 1.807) is 20.3 Å². The Balaban J connectivity index is 2.24. The molecule has 2 aromatic rings. The molecule has 0 bridgehead atoms. The zero-order valence-corrected chi connectivity index (χ0v) is 16.0. The van der Waals surface area contributed by atoms with Gasteiger partial charge in [0.2, 0.25) is 0 Å². The maximum Gasteiger partial charge on any atom is 0.255 e. The van der Waals surface area contributed by atoms with Gasteiger partial charge >= 0.3 is 0 Å². The van der Waals surface area contributed by atoms with Crippen LogP contribution in [0, 0.1) is 0 Å². The third-order valence-electron chi connectivity index (χ3n) is 4.02. The minimum Gasteiger partial charge on any atom is -0.493 e. The van der Waals surface area contributed by atoms with Gasteiger partial charge in [-0.15, -0.1) is 0 Å². The van der Waals surface area contributed by atoms with E-state index in [2.05, 4.69) is 5.32 Å². The Hall–Kier alpha value is -2.69. The first kappa shape index (κ1) is 19.6. The molecule has 0 unspecified atom stereocenters. The summed E-state index contributed by atoms with van der Waals surface area (Å²) < 4.78 is 16.4. The van der Waals surface area contributed by atoms with Crippen molar-refractivity contribution in [1.29, 1.82) is 0 Å². The third-order valence-corrected chi connectivity index (χ3v) is 4.02. The fourth-order valence-electron chi connectivity index (χ4n) is 2.74. The van der Waals surface area contributed by atoms with Gasteiger partial charge < -0.3 is 19.5 Å². The van der Waals surface area contributed by atoms with E-state index < -0.39 is 0 Å². The summed E-state index contributed by atoms with van der Waals surface area (Å²) in [5.41, 5.74) is 1.49. The predicted molar refractivity (Wildman–Crippen MR) is 102 cm³/mol. The molecule has 0 heterocycles. The molecule has 0 aromatic heterocycles. The molecule has 0 saturated heterocycles. The number of ether oxygens (including phenoxy) is 3. The van der Waals surface area contributed by atoms with Gasteiger partial charge in [0.25, 0.3) is 5.91 Å². The van der Waals surface area contributed by atoms with Gasteiger partial charge in [-0.25, -0.2) is 0 Å². The van der Waals surface area contributed by atoms with Crippen LogP contribution in [0.4, 0.5) is 0 Å². The molecule has 0 aliphatic rings. The van der Waals surface area contributed by atoms with E-state index in [1.165, 1.54) is 0 Å². The minimum absolute atomic E-state index is 0.00299.